The van der Waals surface area contributed by atoms with Crippen LogP contribution in [0.5, 0.6) is 0 Å². The first-order valence-electron chi connectivity index (χ1n) is 7.81. The number of hydrogen-bond acceptors (Lipinski definition) is 4. The number of pyridine rings is 1. The lowest BCUT2D eigenvalue weighted by molar-refractivity contribution is 0.109. The molecular weight excluding hydrogens is 286 g/mol. The summed E-state index contributed by atoms with van der Waals surface area (Å²) in [5.41, 5.74) is 5.27. The molecule has 0 atom stereocenters. The summed E-state index contributed by atoms with van der Waals surface area (Å²) in [4.78, 5) is 13.9. The average molecular weight is 303 g/mol. The number of rotatable bonds is 3. The number of benzene rings is 1. The molecule has 3 heterocycles. The van der Waals surface area contributed by atoms with Crippen LogP contribution in [0.1, 0.15) is 22.5 Å². The highest BCUT2D eigenvalue weighted by molar-refractivity contribution is 5.50. The zero-order valence-corrected chi connectivity index (χ0v) is 12.8. The third kappa shape index (κ3) is 3.12. The molecule has 4 rings (SSSR count). The Morgan fingerprint density at radius 3 is 2.78 bits per heavy atom. The minimum absolute atomic E-state index is 0.608. The third-order valence-corrected chi connectivity index (χ3v) is 3.96. The van der Waals surface area contributed by atoms with Crippen LogP contribution in [0.15, 0.2) is 54.7 Å². The van der Waals surface area contributed by atoms with E-state index in [4.69, 9.17) is 9.72 Å². The summed E-state index contributed by atoms with van der Waals surface area (Å²) in [7, 11) is 0. The minimum atomic E-state index is 0.608. The molecular formula is C19H17N3O. The molecule has 0 N–H and O–H groups in total. The van der Waals surface area contributed by atoms with Gasteiger partial charge in [0.15, 0.2) is 5.82 Å². The maximum atomic E-state index is 5.43. The zero-order chi connectivity index (χ0) is 15.5. The molecule has 0 unspecified atom stereocenters. The van der Waals surface area contributed by atoms with Gasteiger partial charge in [0.05, 0.1) is 18.9 Å². The van der Waals surface area contributed by atoms with Gasteiger partial charge in [-0.2, -0.15) is 0 Å². The van der Waals surface area contributed by atoms with Gasteiger partial charge in [-0.1, -0.05) is 36.4 Å². The normalized spacial score (nSPS) is 13.6. The van der Waals surface area contributed by atoms with Crippen molar-refractivity contribution in [2.75, 3.05) is 6.61 Å². The maximum Gasteiger partial charge on any atom is 0.178 e. The lowest BCUT2D eigenvalue weighted by Gasteiger charge is -2.15. The van der Waals surface area contributed by atoms with E-state index in [0.717, 1.165) is 42.1 Å². The lowest BCUT2D eigenvalue weighted by atomic mass is 10.1. The molecule has 0 saturated carbocycles. The molecule has 0 spiro atoms. The predicted octanol–water partition coefficient (Wildman–Crippen LogP) is 3.20. The van der Waals surface area contributed by atoms with Crippen LogP contribution in [0, 0.1) is 0 Å². The van der Waals surface area contributed by atoms with Crippen molar-refractivity contribution >= 4 is 0 Å². The van der Waals surface area contributed by atoms with Crippen LogP contribution < -0.4 is 0 Å². The van der Waals surface area contributed by atoms with Gasteiger partial charge in [0.25, 0.3) is 0 Å². The minimum Gasteiger partial charge on any atom is -0.376 e. The van der Waals surface area contributed by atoms with Crippen LogP contribution in [0.2, 0.25) is 0 Å². The van der Waals surface area contributed by atoms with Crippen molar-refractivity contribution in [1.29, 1.82) is 0 Å². The SMILES string of the molecule is c1ccc(Cc2cccc(-c3ncc4c(n3)CCOC4)n2)cc1. The molecule has 1 aliphatic rings. The first-order valence-corrected chi connectivity index (χ1v) is 7.81. The Morgan fingerprint density at radius 2 is 1.87 bits per heavy atom. The fourth-order valence-electron chi connectivity index (χ4n) is 2.76. The van der Waals surface area contributed by atoms with E-state index in [1.54, 1.807) is 0 Å². The number of hydrogen-bond donors (Lipinski definition) is 0. The highest BCUT2D eigenvalue weighted by Crippen LogP contribution is 2.19. The molecule has 4 nitrogen and oxygen atoms in total. The van der Waals surface area contributed by atoms with Crippen molar-refractivity contribution in [3.05, 3.63) is 77.2 Å². The van der Waals surface area contributed by atoms with Gasteiger partial charge in [-0.25, -0.2) is 15.0 Å². The van der Waals surface area contributed by atoms with Crippen molar-refractivity contribution in [1.82, 2.24) is 15.0 Å². The van der Waals surface area contributed by atoms with Crippen LogP contribution >= 0.6 is 0 Å². The van der Waals surface area contributed by atoms with Crippen LogP contribution in [0.4, 0.5) is 0 Å². The number of fused-ring (bicyclic) bond motifs is 1. The van der Waals surface area contributed by atoms with Gasteiger partial charge in [0.2, 0.25) is 0 Å². The summed E-state index contributed by atoms with van der Waals surface area (Å²) in [6.07, 6.45) is 3.52. The van der Waals surface area contributed by atoms with Gasteiger partial charge < -0.3 is 4.74 Å². The van der Waals surface area contributed by atoms with Gasteiger partial charge >= 0.3 is 0 Å². The molecule has 0 aliphatic carbocycles. The summed E-state index contributed by atoms with van der Waals surface area (Å²) >= 11 is 0. The number of aromatic nitrogens is 3. The Morgan fingerprint density at radius 1 is 0.957 bits per heavy atom. The van der Waals surface area contributed by atoms with Gasteiger partial charge in [-0.3, -0.25) is 0 Å². The fourth-order valence-corrected chi connectivity index (χ4v) is 2.76. The highest BCUT2D eigenvalue weighted by Gasteiger charge is 2.14. The molecule has 1 aliphatic heterocycles. The largest absolute Gasteiger partial charge is 0.376 e. The third-order valence-electron chi connectivity index (χ3n) is 3.96. The summed E-state index contributed by atoms with van der Waals surface area (Å²) < 4.78 is 5.43. The second-order valence-electron chi connectivity index (χ2n) is 5.64. The summed E-state index contributed by atoms with van der Waals surface area (Å²) in [5, 5.41) is 0. The van der Waals surface area contributed by atoms with Gasteiger partial charge in [0.1, 0.15) is 5.69 Å². The lowest BCUT2D eigenvalue weighted by Crippen LogP contribution is -2.13. The molecule has 0 fully saturated rings. The molecule has 0 bridgehead atoms. The second kappa shape index (κ2) is 6.26. The Labute approximate surface area is 135 Å². The smallest absolute Gasteiger partial charge is 0.178 e. The first kappa shape index (κ1) is 14.0. The first-order chi connectivity index (χ1) is 11.4. The molecule has 23 heavy (non-hydrogen) atoms. The van der Waals surface area contributed by atoms with Crippen LogP contribution in [-0.2, 0) is 24.2 Å². The molecule has 0 saturated heterocycles. The van der Waals surface area contributed by atoms with E-state index in [9.17, 15) is 0 Å². The zero-order valence-electron chi connectivity index (χ0n) is 12.8. The number of ether oxygens (including phenoxy) is 1. The molecule has 2 aromatic heterocycles. The van der Waals surface area contributed by atoms with Crippen molar-refractivity contribution in [3.63, 3.8) is 0 Å². The molecule has 0 amide bonds. The summed E-state index contributed by atoms with van der Waals surface area (Å²) in [5.74, 6) is 0.695. The van der Waals surface area contributed by atoms with E-state index in [2.05, 4.69) is 22.1 Å². The van der Waals surface area contributed by atoms with Gasteiger partial charge in [-0.05, 0) is 17.7 Å². The van der Waals surface area contributed by atoms with Crippen LogP contribution in [0.25, 0.3) is 11.5 Å². The van der Waals surface area contributed by atoms with E-state index in [1.807, 2.05) is 42.6 Å². The van der Waals surface area contributed by atoms with Crippen molar-refractivity contribution in [2.24, 2.45) is 0 Å². The van der Waals surface area contributed by atoms with Gasteiger partial charge in [0, 0.05) is 30.3 Å². The second-order valence-corrected chi connectivity index (χ2v) is 5.64. The predicted molar refractivity (Wildman–Crippen MR) is 87.9 cm³/mol. The van der Waals surface area contributed by atoms with Gasteiger partial charge in [-0.15, -0.1) is 0 Å². The summed E-state index contributed by atoms with van der Waals surface area (Å²) in [6, 6.07) is 16.4. The van der Waals surface area contributed by atoms with Crippen LogP contribution in [-0.4, -0.2) is 21.6 Å². The maximum absolute atomic E-state index is 5.43. The monoisotopic (exact) mass is 303 g/mol. The molecule has 3 aromatic rings. The Kier molecular flexibility index (Phi) is 3.82. The van der Waals surface area contributed by atoms with Crippen LogP contribution in [0.3, 0.4) is 0 Å². The molecule has 114 valence electrons. The van der Waals surface area contributed by atoms with E-state index in [0.29, 0.717) is 12.4 Å². The van der Waals surface area contributed by atoms with Crippen molar-refractivity contribution < 1.29 is 4.74 Å². The highest BCUT2D eigenvalue weighted by atomic mass is 16.5. The quantitative estimate of drug-likeness (QED) is 0.745. The van der Waals surface area contributed by atoms with E-state index >= 15 is 0 Å². The average Bonchev–Trinajstić information content (AvgIpc) is 2.62. The standard InChI is InChI=1S/C19H17N3O/c1-2-5-14(6-3-1)11-16-7-4-8-18(21-16)19-20-12-15-13-23-10-9-17(15)22-19/h1-8,12H,9-11,13H2. The van der Waals surface area contributed by atoms with E-state index in [1.165, 1.54) is 5.56 Å². The van der Waals surface area contributed by atoms with E-state index < -0.39 is 0 Å². The topological polar surface area (TPSA) is 47.9 Å². The molecule has 4 heteroatoms. The molecule has 1 aromatic carbocycles. The van der Waals surface area contributed by atoms with E-state index in [-0.39, 0.29) is 0 Å². The van der Waals surface area contributed by atoms with Crippen molar-refractivity contribution in [2.45, 2.75) is 19.4 Å². The number of nitrogens with zero attached hydrogens (tertiary/aromatic N) is 3. The molecule has 0 radical (unpaired) electrons. The van der Waals surface area contributed by atoms with Crippen molar-refractivity contribution in [3.8, 4) is 11.5 Å². The summed E-state index contributed by atoms with van der Waals surface area (Å²) in [6.45, 7) is 1.34. The fraction of sp³-hybridized carbons (Fsp3) is 0.211. The Balaban J connectivity index is 1.63. The Bertz CT molecular complexity index is 818. The Hall–Kier alpha value is -2.59.